The lowest BCUT2D eigenvalue weighted by Gasteiger charge is -2.48. The van der Waals surface area contributed by atoms with E-state index >= 15 is 0 Å². The van der Waals surface area contributed by atoms with E-state index in [1.165, 1.54) is 4.90 Å². The summed E-state index contributed by atoms with van der Waals surface area (Å²) < 4.78 is 5.32. The molecule has 2 saturated heterocycles. The first kappa shape index (κ1) is 22.3. The molecule has 28 heavy (non-hydrogen) atoms. The van der Waals surface area contributed by atoms with E-state index in [4.69, 9.17) is 4.74 Å². The van der Waals surface area contributed by atoms with Crippen molar-refractivity contribution in [3.63, 3.8) is 0 Å². The Morgan fingerprint density at radius 1 is 1.04 bits per heavy atom. The molecule has 0 saturated carbocycles. The van der Waals surface area contributed by atoms with E-state index in [-0.39, 0.29) is 24.0 Å². The first-order valence-corrected chi connectivity index (χ1v) is 9.91. The number of carboxylic acid groups (broad SMARTS) is 1. The van der Waals surface area contributed by atoms with Crippen molar-refractivity contribution in [3.8, 4) is 0 Å². The van der Waals surface area contributed by atoms with Crippen molar-refractivity contribution >= 4 is 18.0 Å². The third-order valence-corrected chi connectivity index (χ3v) is 5.41. The molecule has 0 aromatic carbocycles. The summed E-state index contributed by atoms with van der Waals surface area (Å²) in [7, 11) is 0. The van der Waals surface area contributed by atoms with Crippen molar-refractivity contribution < 1.29 is 24.2 Å². The molecule has 9 nitrogen and oxygen atoms in total. The van der Waals surface area contributed by atoms with E-state index in [9.17, 15) is 19.5 Å². The number of morpholine rings is 1. The van der Waals surface area contributed by atoms with Crippen LogP contribution in [0.2, 0.25) is 0 Å². The highest BCUT2D eigenvalue weighted by molar-refractivity contribution is 5.86. The van der Waals surface area contributed by atoms with Gasteiger partial charge in [0, 0.05) is 43.8 Å². The second-order valence-corrected chi connectivity index (χ2v) is 8.73. The fourth-order valence-corrected chi connectivity index (χ4v) is 4.21. The molecule has 2 unspecified atom stereocenters. The van der Waals surface area contributed by atoms with Gasteiger partial charge in [-0.15, -0.1) is 0 Å². The highest BCUT2D eigenvalue weighted by Gasteiger charge is 2.41. The van der Waals surface area contributed by atoms with Crippen LogP contribution in [0.25, 0.3) is 0 Å². The van der Waals surface area contributed by atoms with Crippen LogP contribution in [0.4, 0.5) is 9.59 Å². The summed E-state index contributed by atoms with van der Waals surface area (Å²) >= 11 is 0. The number of carbonyl (C=O) groups is 3. The van der Waals surface area contributed by atoms with Gasteiger partial charge in [0.05, 0.1) is 13.2 Å². The molecule has 3 atom stereocenters. The topological polar surface area (TPSA) is 93.6 Å². The third kappa shape index (κ3) is 4.68. The SMILES string of the molecule is CC1CN(C(=O)[C@H](C)N(C(=O)O)C(C)(C)C)CC(C)N1C(=O)N1CCOCC1. The average Bonchev–Trinajstić information content (AvgIpc) is 2.59. The fraction of sp³-hybridized carbons (Fsp3) is 0.842. The third-order valence-electron chi connectivity index (χ3n) is 5.41. The average molecular weight is 399 g/mol. The molecule has 0 bridgehead atoms. The van der Waals surface area contributed by atoms with Crippen LogP contribution in [0.15, 0.2) is 0 Å². The molecule has 0 aromatic heterocycles. The van der Waals surface area contributed by atoms with Crippen LogP contribution in [0.5, 0.6) is 0 Å². The largest absolute Gasteiger partial charge is 0.465 e. The van der Waals surface area contributed by atoms with Gasteiger partial charge in [0.1, 0.15) is 6.04 Å². The predicted octanol–water partition coefficient (Wildman–Crippen LogP) is 1.53. The highest BCUT2D eigenvalue weighted by atomic mass is 16.5. The van der Waals surface area contributed by atoms with Crippen LogP contribution in [0, 0.1) is 0 Å². The Balaban J connectivity index is 2.09. The number of amides is 4. The maximum Gasteiger partial charge on any atom is 0.408 e. The summed E-state index contributed by atoms with van der Waals surface area (Å²) in [6.45, 7) is 13.8. The number of rotatable bonds is 2. The molecule has 2 fully saturated rings. The molecule has 0 radical (unpaired) electrons. The van der Waals surface area contributed by atoms with Gasteiger partial charge in [-0.3, -0.25) is 9.69 Å². The van der Waals surface area contributed by atoms with Crippen LogP contribution < -0.4 is 0 Å². The summed E-state index contributed by atoms with van der Waals surface area (Å²) in [5.74, 6) is -0.227. The zero-order chi connectivity index (χ0) is 21.2. The van der Waals surface area contributed by atoms with Crippen molar-refractivity contribution in [2.45, 2.75) is 65.2 Å². The van der Waals surface area contributed by atoms with Crippen molar-refractivity contribution in [1.29, 1.82) is 0 Å². The summed E-state index contributed by atoms with van der Waals surface area (Å²) in [4.78, 5) is 44.2. The number of urea groups is 1. The van der Waals surface area contributed by atoms with Gasteiger partial charge in [0.15, 0.2) is 0 Å². The van der Waals surface area contributed by atoms with Gasteiger partial charge in [-0.25, -0.2) is 9.59 Å². The number of ether oxygens (including phenoxy) is 1. The molecule has 2 heterocycles. The molecule has 4 amide bonds. The Kier molecular flexibility index (Phi) is 6.80. The van der Waals surface area contributed by atoms with Crippen LogP contribution >= 0.6 is 0 Å². The highest BCUT2D eigenvalue weighted by Crippen LogP contribution is 2.23. The predicted molar refractivity (Wildman–Crippen MR) is 104 cm³/mol. The van der Waals surface area contributed by atoms with Crippen LogP contribution in [0.1, 0.15) is 41.5 Å². The Labute approximate surface area is 167 Å². The van der Waals surface area contributed by atoms with Crippen LogP contribution in [0.3, 0.4) is 0 Å². The second-order valence-electron chi connectivity index (χ2n) is 8.73. The first-order chi connectivity index (χ1) is 12.9. The Bertz CT molecular complexity index is 588. The minimum absolute atomic E-state index is 0.0229. The van der Waals surface area contributed by atoms with Crippen molar-refractivity contribution in [1.82, 2.24) is 19.6 Å². The number of carbonyl (C=O) groups excluding carboxylic acids is 2. The quantitative estimate of drug-likeness (QED) is 0.761. The van der Waals surface area contributed by atoms with Crippen molar-refractivity contribution in [2.24, 2.45) is 0 Å². The number of hydrogen-bond donors (Lipinski definition) is 1. The minimum atomic E-state index is -1.12. The van der Waals surface area contributed by atoms with Crippen LogP contribution in [-0.4, -0.2) is 106 Å². The lowest BCUT2D eigenvalue weighted by Crippen LogP contribution is -2.65. The minimum Gasteiger partial charge on any atom is -0.465 e. The van der Waals surface area contributed by atoms with E-state index in [1.54, 1.807) is 37.5 Å². The Hall–Kier alpha value is -2.03. The standard InChI is InChI=1S/C19H34N4O5/c1-13-11-21(16(24)15(3)23(18(26)27)19(4,5)6)12-14(2)22(13)17(25)20-7-9-28-10-8-20/h13-15H,7-12H2,1-6H3,(H,26,27)/t13?,14?,15-/m0/s1. The molecule has 0 aliphatic carbocycles. The van der Waals surface area contributed by atoms with Gasteiger partial charge < -0.3 is 24.5 Å². The maximum absolute atomic E-state index is 13.1. The summed E-state index contributed by atoms with van der Waals surface area (Å²) in [6.07, 6.45) is -1.12. The zero-order valence-electron chi connectivity index (χ0n) is 17.8. The van der Waals surface area contributed by atoms with Crippen molar-refractivity contribution in [2.75, 3.05) is 39.4 Å². The Morgan fingerprint density at radius 3 is 1.96 bits per heavy atom. The van der Waals surface area contributed by atoms with E-state index in [2.05, 4.69) is 0 Å². The molecular formula is C19H34N4O5. The summed E-state index contributed by atoms with van der Waals surface area (Å²) in [5.41, 5.74) is -0.688. The van der Waals surface area contributed by atoms with Crippen LogP contribution in [-0.2, 0) is 9.53 Å². The number of hydrogen-bond acceptors (Lipinski definition) is 4. The maximum atomic E-state index is 13.1. The molecule has 0 aromatic rings. The van der Waals surface area contributed by atoms with Gasteiger partial charge in [0.25, 0.3) is 0 Å². The van der Waals surface area contributed by atoms with E-state index in [0.717, 1.165) is 0 Å². The van der Waals surface area contributed by atoms with E-state index in [1.807, 2.05) is 18.7 Å². The molecule has 160 valence electrons. The lowest BCUT2D eigenvalue weighted by molar-refractivity contribution is -0.141. The molecule has 2 rings (SSSR count). The normalized spacial score (nSPS) is 24.7. The lowest BCUT2D eigenvalue weighted by atomic mass is 10.0. The summed E-state index contributed by atoms with van der Waals surface area (Å²) in [6, 6.07) is -1.12. The molecule has 0 spiro atoms. The number of nitrogens with zero attached hydrogens (tertiary/aromatic N) is 4. The number of piperazine rings is 1. The Morgan fingerprint density at radius 2 is 1.54 bits per heavy atom. The van der Waals surface area contributed by atoms with E-state index < -0.39 is 17.7 Å². The molecular weight excluding hydrogens is 364 g/mol. The monoisotopic (exact) mass is 398 g/mol. The van der Waals surface area contributed by atoms with Gasteiger partial charge in [-0.2, -0.15) is 0 Å². The second kappa shape index (κ2) is 8.55. The molecule has 1 N–H and O–H groups in total. The fourth-order valence-electron chi connectivity index (χ4n) is 4.21. The molecule has 2 aliphatic heterocycles. The first-order valence-electron chi connectivity index (χ1n) is 9.91. The van der Waals surface area contributed by atoms with Crippen molar-refractivity contribution in [3.05, 3.63) is 0 Å². The zero-order valence-corrected chi connectivity index (χ0v) is 17.8. The molecule has 9 heteroatoms. The van der Waals surface area contributed by atoms with E-state index in [0.29, 0.717) is 39.4 Å². The smallest absolute Gasteiger partial charge is 0.408 e. The summed E-state index contributed by atoms with van der Waals surface area (Å²) in [5, 5.41) is 9.58. The van der Waals surface area contributed by atoms with Gasteiger partial charge in [-0.1, -0.05) is 0 Å². The van der Waals surface area contributed by atoms with Gasteiger partial charge >= 0.3 is 12.1 Å². The van der Waals surface area contributed by atoms with Gasteiger partial charge in [-0.05, 0) is 41.5 Å². The molecule has 2 aliphatic rings. The van der Waals surface area contributed by atoms with Gasteiger partial charge in [0.2, 0.25) is 5.91 Å².